The van der Waals surface area contributed by atoms with Crippen molar-refractivity contribution in [3.05, 3.63) is 39.4 Å². The monoisotopic (exact) mass is 274 g/mol. The van der Waals surface area contributed by atoms with Gasteiger partial charge in [-0.15, -0.1) is 0 Å². The Kier molecular flexibility index (Phi) is 2.63. The van der Waals surface area contributed by atoms with Gasteiger partial charge in [-0.3, -0.25) is 29.4 Å². The molecule has 0 saturated heterocycles. The molecule has 7 heteroatoms. The van der Waals surface area contributed by atoms with Gasteiger partial charge in [-0.05, 0) is 18.9 Å². The Labute approximate surface area is 113 Å². The van der Waals surface area contributed by atoms with Gasteiger partial charge in [0.2, 0.25) is 0 Å². The van der Waals surface area contributed by atoms with Gasteiger partial charge in [-0.25, -0.2) is 0 Å². The summed E-state index contributed by atoms with van der Waals surface area (Å²) in [6, 6.07) is 3.52. The molecule has 0 spiro atoms. The van der Waals surface area contributed by atoms with Crippen molar-refractivity contribution in [3.63, 3.8) is 0 Å². The van der Waals surface area contributed by atoms with Crippen molar-refractivity contribution < 1.29 is 19.3 Å². The highest BCUT2D eigenvalue weighted by atomic mass is 16.6. The molecule has 102 valence electrons. The van der Waals surface area contributed by atoms with Crippen LogP contribution in [0, 0.1) is 16.0 Å². The van der Waals surface area contributed by atoms with E-state index in [4.69, 9.17) is 0 Å². The third-order valence-electron chi connectivity index (χ3n) is 3.51. The van der Waals surface area contributed by atoms with E-state index in [2.05, 4.69) is 0 Å². The number of hydrogen-bond acceptors (Lipinski definition) is 5. The van der Waals surface area contributed by atoms with Crippen molar-refractivity contribution in [1.29, 1.82) is 0 Å². The van der Waals surface area contributed by atoms with Crippen molar-refractivity contribution in [2.45, 2.75) is 12.8 Å². The number of Topliss-reactive ketones (excluding diaryl/α,β-unsaturated/α-hetero) is 1. The van der Waals surface area contributed by atoms with Crippen LogP contribution < -0.4 is 0 Å². The molecule has 0 aromatic heterocycles. The Morgan fingerprint density at radius 3 is 2.50 bits per heavy atom. The van der Waals surface area contributed by atoms with Crippen LogP contribution in [-0.2, 0) is 4.79 Å². The van der Waals surface area contributed by atoms with E-state index >= 15 is 0 Å². The third-order valence-corrected chi connectivity index (χ3v) is 3.51. The number of carbonyl (C=O) groups excluding carboxylic acids is 3. The Morgan fingerprint density at radius 2 is 1.90 bits per heavy atom. The quantitative estimate of drug-likeness (QED) is 0.466. The first-order chi connectivity index (χ1) is 9.49. The van der Waals surface area contributed by atoms with E-state index in [1.54, 1.807) is 0 Å². The summed E-state index contributed by atoms with van der Waals surface area (Å²) in [7, 11) is 0. The van der Waals surface area contributed by atoms with Crippen molar-refractivity contribution in [3.8, 4) is 0 Å². The minimum absolute atomic E-state index is 0.00667. The third kappa shape index (κ3) is 1.87. The molecular weight excluding hydrogens is 264 g/mol. The Morgan fingerprint density at radius 1 is 1.25 bits per heavy atom. The summed E-state index contributed by atoms with van der Waals surface area (Å²) in [6.45, 7) is -0.245. The number of imide groups is 1. The average molecular weight is 274 g/mol. The first-order valence-corrected chi connectivity index (χ1v) is 6.16. The Hall–Kier alpha value is -2.57. The summed E-state index contributed by atoms with van der Waals surface area (Å²) in [5.74, 6) is -1.38. The van der Waals surface area contributed by atoms with Gasteiger partial charge in [0.1, 0.15) is 0 Å². The van der Waals surface area contributed by atoms with Crippen LogP contribution in [0.2, 0.25) is 0 Å². The standard InChI is InChI=1S/C13H10N2O5/c16-11(7-1-2-7)6-14-12(17)9-4-3-8(15(19)20)5-10(9)13(14)18/h3-5,7H,1-2,6H2. The van der Waals surface area contributed by atoms with Crippen molar-refractivity contribution >= 4 is 23.3 Å². The fourth-order valence-electron chi connectivity index (χ4n) is 2.23. The number of carbonyl (C=O) groups is 3. The number of ketones is 1. The molecule has 20 heavy (non-hydrogen) atoms. The summed E-state index contributed by atoms with van der Waals surface area (Å²) in [5, 5.41) is 10.7. The molecule has 0 radical (unpaired) electrons. The van der Waals surface area contributed by atoms with E-state index in [0.29, 0.717) is 0 Å². The molecule has 0 N–H and O–H groups in total. The zero-order valence-electron chi connectivity index (χ0n) is 10.4. The van der Waals surface area contributed by atoms with Gasteiger partial charge >= 0.3 is 0 Å². The largest absolute Gasteiger partial charge is 0.297 e. The van der Waals surface area contributed by atoms with Crippen molar-refractivity contribution in [2.24, 2.45) is 5.92 Å². The van der Waals surface area contributed by atoms with Gasteiger partial charge < -0.3 is 0 Å². The maximum Gasteiger partial charge on any atom is 0.270 e. The molecule has 0 bridgehead atoms. The summed E-state index contributed by atoms with van der Waals surface area (Å²) < 4.78 is 0. The summed E-state index contributed by atoms with van der Waals surface area (Å²) in [5.41, 5.74) is -0.141. The molecule has 1 aromatic carbocycles. The first kappa shape index (κ1) is 12.5. The van der Waals surface area contributed by atoms with Gasteiger partial charge in [0.15, 0.2) is 5.78 Å². The lowest BCUT2D eigenvalue weighted by Crippen LogP contribution is -2.35. The number of nitro groups is 1. The number of rotatable bonds is 4. The molecule has 1 aliphatic carbocycles. The lowest BCUT2D eigenvalue weighted by atomic mass is 10.1. The van der Waals surface area contributed by atoms with Crippen molar-refractivity contribution in [2.75, 3.05) is 6.54 Å². The lowest BCUT2D eigenvalue weighted by Gasteiger charge is -2.11. The SMILES string of the molecule is O=C(CN1C(=O)c2ccc([N+](=O)[O-])cc2C1=O)C1CC1. The van der Waals surface area contributed by atoms with Crippen LogP contribution in [0.15, 0.2) is 18.2 Å². The first-order valence-electron chi connectivity index (χ1n) is 6.16. The molecule has 1 fully saturated rings. The minimum atomic E-state index is -0.636. The van der Waals surface area contributed by atoms with Gasteiger partial charge in [0.05, 0.1) is 22.6 Å². The number of hydrogen-bond donors (Lipinski definition) is 0. The average Bonchev–Trinajstić information content (AvgIpc) is 3.23. The van der Waals surface area contributed by atoms with Crippen LogP contribution in [-0.4, -0.2) is 34.0 Å². The van der Waals surface area contributed by atoms with Gasteiger partial charge in [-0.1, -0.05) is 0 Å². The van der Waals surface area contributed by atoms with E-state index in [1.165, 1.54) is 12.1 Å². The fraction of sp³-hybridized carbons (Fsp3) is 0.308. The zero-order chi connectivity index (χ0) is 14.4. The van der Waals surface area contributed by atoms with Gasteiger partial charge in [0.25, 0.3) is 17.5 Å². The molecular formula is C13H10N2O5. The van der Waals surface area contributed by atoms with Crippen molar-refractivity contribution in [1.82, 2.24) is 4.90 Å². The highest BCUT2D eigenvalue weighted by molar-refractivity contribution is 6.22. The number of non-ortho nitro benzene ring substituents is 1. The highest BCUT2D eigenvalue weighted by Gasteiger charge is 2.40. The molecule has 2 aliphatic rings. The van der Waals surface area contributed by atoms with Crippen LogP contribution >= 0.6 is 0 Å². The molecule has 1 aliphatic heterocycles. The van der Waals surface area contributed by atoms with Crippen LogP contribution in [0.4, 0.5) is 5.69 Å². The normalized spacial score (nSPS) is 17.3. The minimum Gasteiger partial charge on any atom is -0.297 e. The van der Waals surface area contributed by atoms with Crippen LogP contribution in [0.5, 0.6) is 0 Å². The second kappa shape index (κ2) is 4.22. The molecule has 0 unspecified atom stereocenters. The topological polar surface area (TPSA) is 97.6 Å². The fourth-order valence-corrected chi connectivity index (χ4v) is 2.23. The number of amides is 2. The predicted molar refractivity (Wildman–Crippen MR) is 66.2 cm³/mol. The molecule has 2 amide bonds. The smallest absolute Gasteiger partial charge is 0.270 e. The molecule has 1 heterocycles. The summed E-state index contributed by atoms with van der Waals surface area (Å²) in [4.78, 5) is 46.8. The molecule has 7 nitrogen and oxygen atoms in total. The maximum absolute atomic E-state index is 12.1. The zero-order valence-corrected chi connectivity index (χ0v) is 10.4. The van der Waals surface area contributed by atoms with Gasteiger partial charge in [-0.2, -0.15) is 0 Å². The van der Waals surface area contributed by atoms with E-state index in [0.717, 1.165) is 23.8 Å². The van der Waals surface area contributed by atoms with Crippen LogP contribution in [0.1, 0.15) is 33.6 Å². The number of nitrogens with zero attached hydrogens (tertiary/aromatic N) is 2. The highest BCUT2D eigenvalue weighted by Crippen LogP contribution is 2.32. The van der Waals surface area contributed by atoms with E-state index in [-0.39, 0.29) is 35.1 Å². The van der Waals surface area contributed by atoms with E-state index in [9.17, 15) is 24.5 Å². The number of fused-ring (bicyclic) bond motifs is 1. The molecule has 1 saturated carbocycles. The maximum atomic E-state index is 12.1. The van der Waals surface area contributed by atoms with E-state index in [1.807, 2.05) is 0 Å². The van der Waals surface area contributed by atoms with E-state index < -0.39 is 16.7 Å². The van der Waals surface area contributed by atoms with Crippen LogP contribution in [0.25, 0.3) is 0 Å². The molecule has 1 aromatic rings. The molecule has 3 rings (SSSR count). The summed E-state index contributed by atoms with van der Waals surface area (Å²) >= 11 is 0. The molecule has 0 atom stereocenters. The Balaban J connectivity index is 1.90. The Bertz CT molecular complexity index is 663. The lowest BCUT2D eigenvalue weighted by molar-refractivity contribution is -0.384. The van der Waals surface area contributed by atoms with Crippen LogP contribution in [0.3, 0.4) is 0 Å². The predicted octanol–water partition coefficient (Wildman–Crippen LogP) is 1.17. The second-order valence-electron chi connectivity index (χ2n) is 4.92. The number of nitro benzene ring substituents is 1. The second-order valence-corrected chi connectivity index (χ2v) is 4.92. The van der Waals surface area contributed by atoms with Gasteiger partial charge in [0, 0.05) is 18.1 Å². The summed E-state index contributed by atoms with van der Waals surface area (Å²) in [6.07, 6.45) is 1.60. The number of benzene rings is 1.